The van der Waals surface area contributed by atoms with Crippen LogP contribution in [-0.4, -0.2) is 13.1 Å². The van der Waals surface area contributed by atoms with E-state index in [0.717, 1.165) is 25.4 Å². The highest BCUT2D eigenvalue weighted by Gasteiger charge is 2.15. The summed E-state index contributed by atoms with van der Waals surface area (Å²) in [5.41, 5.74) is 0. The number of hydrogen-bond donors (Lipinski definition) is 1. The summed E-state index contributed by atoms with van der Waals surface area (Å²) in [5, 5.41) is 12.4. The number of nitrogens with one attached hydrogen (secondary N) is 1. The zero-order valence-corrected chi connectivity index (χ0v) is 13.1. The molecule has 1 fully saturated rings. The first kappa shape index (κ1) is 17.0. The standard InChI is InChI=1S/C17H35NO/c1-2-3-4-5-6-7-8-12-15-18(19)16-17-13-10-9-11-14-17/h17-18H,2-16H2,1H3. The second kappa shape index (κ2) is 11.7. The van der Waals surface area contributed by atoms with Crippen LogP contribution >= 0.6 is 0 Å². The molecule has 0 amide bonds. The van der Waals surface area contributed by atoms with E-state index in [1.54, 1.807) is 0 Å². The van der Waals surface area contributed by atoms with Crippen molar-refractivity contribution in [3.05, 3.63) is 5.21 Å². The van der Waals surface area contributed by atoms with E-state index in [9.17, 15) is 5.21 Å². The van der Waals surface area contributed by atoms with Crippen molar-refractivity contribution in [3.63, 3.8) is 0 Å². The van der Waals surface area contributed by atoms with Gasteiger partial charge in [0.2, 0.25) is 0 Å². The van der Waals surface area contributed by atoms with E-state index < -0.39 is 0 Å². The molecule has 2 heteroatoms. The summed E-state index contributed by atoms with van der Waals surface area (Å²) in [4.78, 5) is 0. The molecular weight excluding hydrogens is 234 g/mol. The summed E-state index contributed by atoms with van der Waals surface area (Å²) in [6.07, 6.45) is 17.3. The van der Waals surface area contributed by atoms with Gasteiger partial charge in [0.05, 0.1) is 13.1 Å². The molecule has 19 heavy (non-hydrogen) atoms. The third-order valence-electron chi connectivity index (χ3n) is 4.55. The first-order valence-corrected chi connectivity index (χ1v) is 8.84. The molecule has 1 N–H and O–H groups in total. The van der Waals surface area contributed by atoms with Crippen LogP contribution in [0.25, 0.3) is 0 Å². The Labute approximate surface area is 120 Å². The minimum absolute atomic E-state index is 0.540. The Balaban J connectivity index is 1.85. The molecule has 0 radical (unpaired) electrons. The van der Waals surface area contributed by atoms with Crippen molar-refractivity contribution in [2.24, 2.45) is 5.92 Å². The molecule has 0 aromatic rings. The van der Waals surface area contributed by atoms with Crippen LogP contribution in [0.5, 0.6) is 0 Å². The molecule has 0 heterocycles. The fraction of sp³-hybridized carbons (Fsp3) is 1.00. The van der Waals surface area contributed by atoms with Crippen LogP contribution in [0.3, 0.4) is 0 Å². The van der Waals surface area contributed by atoms with Crippen molar-refractivity contribution < 1.29 is 5.06 Å². The van der Waals surface area contributed by atoms with Gasteiger partial charge in [-0.3, -0.25) is 0 Å². The Morgan fingerprint density at radius 3 is 2.05 bits per heavy atom. The number of unbranched alkanes of at least 4 members (excludes halogenated alkanes) is 7. The van der Waals surface area contributed by atoms with Gasteiger partial charge in [-0.1, -0.05) is 64.7 Å². The topological polar surface area (TPSA) is 27.5 Å². The quantitative estimate of drug-likeness (QED) is 0.444. The summed E-state index contributed by atoms with van der Waals surface area (Å²) in [7, 11) is 0. The van der Waals surface area contributed by atoms with Gasteiger partial charge < -0.3 is 10.3 Å². The Bertz CT molecular complexity index is 190. The van der Waals surface area contributed by atoms with E-state index in [1.807, 2.05) is 0 Å². The largest absolute Gasteiger partial charge is 0.634 e. The van der Waals surface area contributed by atoms with Crippen LogP contribution < -0.4 is 5.06 Å². The van der Waals surface area contributed by atoms with Crippen molar-refractivity contribution in [2.45, 2.75) is 90.4 Å². The van der Waals surface area contributed by atoms with Gasteiger partial charge in [0.15, 0.2) is 0 Å². The van der Waals surface area contributed by atoms with Crippen LogP contribution in [0.15, 0.2) is 0 Å². The van der Waals surface area contributed by atoms with Gasteiger partial charge in [-0.25, -0.2) is 0 Å². The lowest BCUT2D eigenvalue weighted by Crippen LogP contribution is -3.08. The van der Waals surface area contributed by atoms with Gasteiger partial charge in [-0.2, -0.15) is 0 Å². The summed E-state index contributed by atoms with van der Waals surface area (Å²) < 4.78 is 0. The van der Waals surface area contributed by atoms with Gasteiger partial charge in [-0.15, -0.1) is 0 Å². The molecule has 0 aromatic carbocycles. The third-order valence-corrected chi connectivity index (χ3v) is 4.55. The van der Waals surface area contributed by atoms with Crippen molar-refractivity contribution in [1.29, 1.82) is 0 Å². The molecule has 0 bridgehead atoms. The minimum atomic E-state index is 0.540. The van der Waals surface area contributed by atoms with Crippen molar-refractivity contribution in [2.75, 3.05) is 13.1 Å². The number of hydroxylamine groups is 2. The van der Waals surface area contributed by atoms with E-state index in [1.165, 1.54) is 77.0 Å². The Morgan fingerprint density at radius 2 is 1.42 bits per heavy atom. The maximum atomic E-state index is 11.9. The van der Waals surface area contributed by atoms with E-state index in [2.05, 4.69) is 6.92 Å². The molecule has 2 nitrogen and oxygen atoms in total. The summed E-state index contributed by atoms with van der Waals surface area (Å²) in [5.74, 6) is 0.732. The summed E-state index contributed by atoms with van der Waals surface area (Å²) >= 11 is 0. The molecule has 0 aromatic heterocycles. The second-order valence-corrected chi connectivity index (χ2v) is 6.47. The molecule has 1 rings (SSSR count). The molecule has 1 saturated carbocycles. The smallest absolute Gasteiger partial charge is 0.0796 e. The lowest BCUT2D eigenvalue weighted by Gasteiger charge is -2.29. The maximum Gasteiger partial charge on any atom is 0.0796 e. The first-order valence-electron chi connectivity index (χ1n) is 8.84. The Morgan fingerprint density at radius 1 is 0.842 bits per heavy atom. The van der Waals surface area contributed by atoms with Crippen LogP contribution in [0.2, 0.25) is 0 Å². The van der Waals surface area contributed by atoms with E-state index in [-0.39, 0.29) is 0 Å². The van der Waals surface area contributed by atoms with Gasteiger partial charge in [0.1, 0.15) is 0 Å². The monoisotopic (exact) mass is 269 g/mol. The van der Waals surface area contributed by atoms with Gasteiger partial charge in [-0.05, 0) is 25.7 Å². The van der Waals surface area contributed by atoms with Crippen LogP contribution in [0.4, 0.5) is 0 Å². The lowest BCUT2D eigenvalue weighted by molar-refractivity contribution is -0.852. The first-order chi connectivity index (χ1) is 9.33. The number of hydrogen-bond acceptors (Lipinski definition) is 1. The highest BCUT2D eigenvalue weighted by molar-refractivity contribution is 4.64. The van der Waals surface area contributed by atoms with Gasteiger partial charge in [0, 0.05) is 5.92 Å². The fourth-order valence-electron chi connectivity index (χ4n) is 3.27. The molecule has 0 saturated heterocycles. The molecule has 1 atom stereocenters. The second-order valence-electron chi connectivity index (χ2n) is 6.47. The average molecular weight is 269 g/mol. The average Bonchev–Trinajstić information content (AvgIpc) is 2.43. The van der Waals surface area contributed by atoms with E-state index >= 15 is 0 Å². The molecule has 0 aliphatic heterocycles. The predicted octanol–water partition coefficient (Wildman–Crippen LogP) is 4.09. The fourth-order valence-corrected chi connectivity index (χ4v) is 3.27. The van der Waals surface area contributed by atoms with Crippen LogP contribution in [-0.2, 0) is 0 Å². The zero-order valence-electron chi connectivity index (χ0n) is 13.1. The zero-order chi connectivity index (χ0) is 13.8. The molecular formula is C17H35NO. The molecule has 1 aliphatic carbocycles. The highest BCUT2D eigenvalue weighted by Crippen LogP contribution is 2.22. The Kier molecular flexibility index (Phi) is 10.5. The molecule has 1 unspecified atom stereocenters. The maximum absolute atomic E-state index is 11.9. The lowest BCUT2D eigenvalue weighted by atomic mass is 9.89. The van der Waals surface area contributed by atoms with Crippen LogP contribution in [0.1, 0.15) is 90.4 Å². The molecule has 114 valence electrons. The van der Waals surface area contributed by atoms with Gasteiger partial charge in [0.25, 0.3) is 0 Å². The minimum Gasteiger partial charge on any atom is -0.634 e. The number of rotatable bonds is 11. The molecule has 0 spiro atoms. The summed E-state index contributed by atoms with van der Waals surface area (Å²) in [6.45, 7) is 4.00. The normalized spacial score (nSPS) is 18.6. The van der Waals surface area contributed by atoms with Gasteiger partial charge >= 0.3 is 0 Å². The third kappa shape index (κ3) is 9.45. The SMILES string of the molecule is CCCCCCCCCC[NH+]([O-])CC1CCCCC1. The van der Waals surface area contributed by atoms with Crippen LogP contribution in [0, 0.1) is 11.1 Å². The highest BCUT2D eigenvalue weighted by atomic mass is 16.5. The van der Waals surface area contributed by atoms with Crippen molar-refractivity contribution in [3.8, 4) is 0 Å². The summed E-state index contributed by atoms with van der Waals surface area (Å²) in [6, 6.07) is 0. The molecule has 1 aliphatic rings. The van der Waals surface area contributed by atoms with Crippen molar-refractivity contribution >= 4 is 0 Å². The van der Waals surface area contributed by atoms with E-state index in [0.29, 0.717) is 5.06 Å². The number of quaternary nitrogens is 1. The van der Waals surface area contributed by atoms with E-state index in [4.69, 9.17) is 0 Å². The predicted molar refractivity (Wildman–Crippen MR) is 83.2 cm³/mol. The van der Waals surface area contributed by atoms with Crippen molar-refractivity contribution in [1.82, 2.24) is 0 Å². The Hall–Kier alpha value is -0.0800.